The van der Waals surface area contributed by atoms with Gasteiger partial charge in [0, 0.05) is 42.2 Å². The second-order valence-corrected chi connectivity index (χ2v) is 5.25. The van der Waals surface area contributed by atoms with Crippen molar-refractivity contribution in [1.82, 2.24) is 15.1 Å². The van der Waals surface area contributed by atoms with Crippen molar-refractivity contribution in [3.63, 3.8) is 0 Å². The zero-order valence-corrected chi connectivity index (χ0v) is 10.3. The summed E-state index contributed by atoms with van der Waals surface area (Å²) in [5.41, 5.74) is 4.08. The van der Waals surface area contributed by atoms with E-state index in [2.05, 4.69) is 28.8 Å². The Morgan fingerprint density at radius 2 is 2.44 bits per heavy atom. The molecular formula is C12H15N3S. The van der Waals surface area contributed by atoms with Crippen molar-refractivity contribution in [2.45, 2.75) is 19.4 Å². The molecule has 1 N–H and O–H groups in total. The second kappa shape index (κ2) is 3.71. The Kier molecular flexibility index (Phi) is 2.33. The highest BCUT2D eigenvalue weighted by Crippen LogP contribution is 2.35. The van der Waals surface area contributed by atoms with Crippen LogP contribution in [0, 0.1) is 6.92 Å². The molecule has 1 atom stereocenters. The monoisotopic (exact) mass is 233 g/mol. The van der Waals surface area contributed by atoms with Crippen LogP contribution in [0.3, 0.4) is 0 Å². The van der Waals surface area contributed by atoms with Gasteiger partial charge >= 0.3 is 0 Å². The lowest BCUT2D eigenvalue weighted by atomic mass is 9.93. The van der Waals surface area contributed by atoms with Crippen molar-refractivity contribution in [3.05, 3.63) is 39.3 Å². The smallest absolute Gasteiger partial charge is 0.0531 e. The molecule has 0 amide bonds. The molecule has 0 radical (unpaired) electrons. The van der Waals surface area contributed by atoms with E-state index in [9.17, 15) is 0 Å². The van der Waals surface area contributed by atoms with Gasteiger partial charge in [0.1, 0.15) is 0 Å². The molecule has 84 valence electrons. The van der Waals surface area contributed by atoms with Gasteiger partial charge < -0.3 is 5.32 Å². The Balaban J connectivity index is 2.07. The van der Waals surface area contributed by atoms with E-state index in [-0.39, 0.29) is 0 Å². The van der Waals surface area contributed by atoms with Crippen molar-refractivity contribution in [2.75, 3.05) is 6.54 Å². The molecule has 16 heavy (non-hydrogen) atoms. The van der Waals surface area contributed by atoms with Crippen LogP contribution in [-0.2, 0) is 13.6 Å². The Labute approximate surface area is 99.1 Å². The minimum absolute atomic E-state index is 0.484. The number of aromatic nitrogens is 2. The fraction of sp³-hybridized carbons (Fsp3) is 0.417. The summed E-state index contributed by atoms with van der Waals surface area (Å²) < 4.78 is 1.96. The number of hydrogen-bond acceptors (Lipinski definition) is 3. The van der Waals surface area contributed by atoms with Gasteiger partial charge in [-0.2, -0.15) is 5.10 Å². The van der Waals surface area contributed by atoms with Crippen LogP contribution in [0.4, 0.5) is 0 Å². The van der Waals surface area contributed by atoms with Gasteiger partial charge in [0.25, 0.3) is 0 Å². The normalized spacial score (nSPS) is 19.8. The number of thiophene rings is 1. The average molecular weight is 233 g/mol. The van der Waals surface area contributed by atoms with Crippen LogP contribution < -0.4 is 5.32 Å². The summed E-state index contributed by atoms with van der Waals surface area (Å²) in [6.07, 6.45) is 2.01. The van der Waals surface area contributed by atoms with Crippen molar-refractivity contribution < 1.29 is 0 Å². The zero-order valence-electron chi connectivity index (χ0n) is 9.53. The minimum atomic E-state index is 0.484. The van der Waals surface area contributed by atoms with Gasteiger partial charge in [-0.1, -0.05) is 0 Å². The third-order valence-corrected chi connectivity index (χ3v) is 4.48. The first-order chi connectivity index (χ1) is 7.77. The van der Waals surface area contributed by atoms with E-state index < -0.39 is 0 Å². The van der Waals surface area contributed by atoms with Gasteiger partial charge in [-0.3, -0.25) is 4.68 Å². The molecule has 0 aromatic carbocycles. The first-order valence-corrected chi connectivity index (χ1v) is 6.41. The summed E-state index contributed by atoms with van der Waals surface area (Å²) >= 11 is 1.87. The SMILES string of the molecule is Cc1c(C2CNCc3ccsc32)cnn1C. The van der Waals surface area contributed by atoms with E-state index in [4.69, 9.17) is 0 Å². The quantitative estimate of drug-likeness (QED) is 0.816. The Morgan fingerprint density at radius 3 is 3.19 bits per heavy atom. The van der Waals surface area contributed by atoms with Gasteiger partial charge in [0.2, 0.25) is 0 Å². The van der Waals surface area contributed by atoms with Crippen LogP contribution in [0.5, 0.6) is 0 Å². The molecule has 1 aliphatic heterocycles. The van der Waals surface area contributed by atoms with E-state index >= 15 is 0 Å². The fourth-order valence-corrected chi connectivity index (χ4v) is 3.40. The van der Waals surface area contributed by atoms with Crippen molar-refractivity contribution >= 4 is 11.3 Å². The van der Waals surface area contributed by atoms with Crippen LogP contribution in [-0.4, -0.2) is 16.3 Å². The Hall–Kier alpha value is -1.13. The molecule has 1 unspecified atom stereocenters. The number of hydrogen-bond donors (Lipinski definition) is 1. The lowest BCUT2D eigenvalue weighted by Gasteiger charge is -2.23. The minimum Gasteiger partial charge on any atom is -0.312 e. The van der Waals surface area contributed by atoms with Crippen molar-refractivity contribution in [1.29, 1.82) is 0 Å². The largest absolute Gasteiger partial charge is 0.312 e. The molecule has 3 rings (SSSR count). The fourth-order valence-electron chi connectivity index (χ4n) is 2.35. The highest BCUT2D eigenvalue weighted by atomic mass is 32.1. The maximum Gasteiger partial charge on any atom is 0.0531 e. The molecule has 0 saturated heterocycles. The van der Waals surface area contributed by atoms with Gasteiger partial charge in [-0.05, 0) is 23.9 Å². The highest BCUT2D eigenvalue weighted by Gasteiger charge is 2.25. The molecule has 0 aliphatic carbocycles. The number of rotatable bonds is 1. The summed E-state index contributed by atoms with van der Waals surface area (Å²) in [5.74, 6) is 0.484. The molecule has 0 fully saturated rings. The van der Waals surface area contributed by atoms with Gasteiger partial charge in [0.15, 0.2) is 0 Å². The number of nitrogens with zero attached hydrogens (tertiary/aromatic N) is 2. The van der Waals surface area contributed by atoms with Crippen LogP contribution in [0.1, 0.15) is 27.6 Å². The summed E-state index contributed by atoms with van der Waals surface area (Å²) in [5, 5.41) is 10.0. The summed E-state index contributed by atoms with van der Waals surface area (Å²) in [7, 11) is 2.00. The average Bonchev–Trinajstić information content (AvgIpc) is 2.87. The topological polar surface area (TPSA) is 29.9 Å². The van der Waals surface area contributed by atoms with E-state index in [1.807, 2.05) is 29.3 Å². The molecule has 0 spiro atoms. The first-order valence-electron chi connectivity index (χ1n) is 5.53. The predicted molar refractivity (Wildman–Crippen MR) is 65.8 cm³/mol. The van der Waals surface area contributed by atoms with Crippen LogP contribution >= 0.6 is 11.3 Å². The first kappa shape index (κ1) is 10.1. The molecule has 4 heteroatoms. The maximum atomic E-state index is 4.34. The van der Waals surface area contributed by atoms with Crippen LogP contribution in [0.25, 0.3) is 0 Å². The number of fused-ring (bicyclic) bond motifs is 1. The number of nitrogens with one attached hydrogen (secondary N) is 1. The third kappa shape index (κ3) is 1.41. The van der Waals surface area contributed by atoms with Crippen LogP contribution in [0.15, 0.2) is 17.6 Å². The molecular weight excluding hydrogens is 218 g/mol. The summed E-state index contributed by atoms with van der Waals surface area (Å²) in [4.78, 5) is 1.51. The van der Waals surface area contributed by atoms with Crippen molar-refractivity contribution in [3.8, 4) is 0 Å². The highest BCUT2D eigenvalue weighted by molar-refractivity contribution is 7.10. The molecule has 3 nitrogen and oxygen atoms in total. The standard InChI is InChI=1S/C12H15N3S/c1-8-10(7-14-15(8)2)11-6-13-5-9-3-4-16-12(9)11/h3-4,7,11,13H,5-6H2,1-2H3. The Morgan fingerprint density at radius 1 is 1.56 bits per heavy atom. The number of aryl methyl sites for hydroxylation is 1. The Bertz CT molecular complexity index is 512. The maximum absolute atomic E-state index is 4.34. The molecule has 3 heterocycles. The molecule has 2 aromatic heterocycles. The molecule has 2 aromatic rings. The molecule has 1 aliphatic rings. The molecule has 0 saturated carbocycles. The zero-order chi connectivity index (χ0) is 11.1. The summed E-state index contributed by atoms with van der Waals surface area (Å²) in [6, 6.07) is 2.23. The third-order valence-electron chi connectivity index (χ3n) is 3.41. The van der Waals surface area contributed by atoms with Gasteiger partial charge in [-0.15, -0.1) is 11.3 Å². The predicted octanol–water partition coefficient (Wildman–Crippen LogP) is 2.03. The van der Waals surface area contributed by atoms with Gasteiger partial charge in [-0.25, -0.2) is 0 Å². The lowest BCUT2D eigenvalue weighted by Crippen LogP contribution is -2.27. The van der Waals surface area contributed by atoms with E-state index in [0.29, 0.717) is 5.92 Å². The van der Waals surface area contributed by atoms with Gasteiger partial charge in [0.05, 0.1) is 6.20 Å². The van der Waals surface area contributed by atoms with E-state index in [0.717, 1.165) is 13.1 Å². The lowest BCUT2D eigenvalue weighted by molar-refractivity contribution is 0.598. The summed E-state index contributed by atoms with van der Waals surface area (Å²) in [6.45, 7) is 4.18. The van der Waals surface area contributed by atoms with E-state index in [1.165, 1.54) is 21.7 Å². The second-order valence-electron chi connectivity index (χ2n) is 4.30. The van der Waals surface area contributed by atoms with E-state index in [1.54, 1.807) is 0 Å². The van der Waals surface area contributed by atoms with Crippen LogP contribution in [0.2, 0.25) is 0 Å². The van der Waals surface area contributed by atoms with Crippen molar-refractivity contribution in [2.24, 2.45) is 7.05 Å². The molecule has 0 bridgehead atoms.